The van der Waals surface area contributed by atoms with E-state index in [0.29, 0.717) is 23.0 Å². The Morgan fingerprint density at radius 3 is 2.52 bits per heavy atom. The van der Waals surface area contributed by atoms with E-state index in [2.05, 4.69) is 19.2 Å². The first-order chi connectivity index (χ1) is 9.75. The molecule has 118 valence electrons. The van der Waals surface area contributed by atoms with E-state index in [0.717, 1.165) is 18.4 Å². The van der Waals surface area contributed by atoms with Crippen molar-refractivity contribution in [1.82, 2.24) is 5.32 Å². The molecule has 0 aliphatic rings. The largest absolute Gasteiger partial charge is 0.350 e. The third kappa shape index (κ3) is 6.25. The molecular formula is C16H24Cl2N2O. The van der Waals surface area contributed by atoms with Crippen LogP contribution in [-0.4, -0.2) is 12.5 Å². The summed E-state index contributed by atoms with van der Waals surface area (Å²) >= 11 is 11.9. The van der Waals surface area contributed by atoms with Gasteiger partial charge in [0.25, 0.3) is 0 Å². The number of hydrogen-bond acceptors (Lipinski definition) is 2. The number of halogens is 2. The van der Waals surface area contributed by atoms with Crippen LogP contribution < -0.4 is 11.1 Å². The molecule has 5 heteroatoms. The Morgan fingerprint density at radius 2 is 1.95 bits per heavy atom. The summed E-state index contributed by atoms with van der Waals surface area (Å²) in [6.07, 6.45) is 2.24. The molecule has 1 aromatic rings. The van der Waals surface area contributed by atoms with Crippen molar-refractivity contribution < 1.29 is 4.79 Å². The van der Waals surface area contributed by atoms with Gasteiger partial charge >= 0.3 is 0 Å². The molecule has 1 unspecified atom stereocenters. The molecule has 0 heterocycles. The minimum atomic E-state index is -0.0927. The molecule has 0 aliphatic carbocycles. The second-order valence-corrected chi connectivity index (χ2v) is 6.98. The summed E-state index contributed by atoms with van der Waals surface area (Å²) in [4.78, 5) is 12.0. The van der Waals surface area contributed by atoms with Crippen molar-refractivity contribution in [3.63, 3.8) is 0 Å². The summed E-state index contributed by atoms with van der Waals surface area (Å²) in [7, 11) is 0. The Kier molecular flexibility index (Phi) is 6.98. The van der Waals surface area contributed by atoms with Crippen LogP contribution in [0.1, 0.15) is 51.6 Å². The number of nitrogens with one attached hydrogen (secondary N) is 1. The van der Waals surface area contributed by atoms with Crippen LogP contribution in [0.15, 0.2) is 18.2 Å². The molecule has 0 radical (unpaired) electrons. The van der Waals surface area contributed by atoms with Crippen molar-refractivity contribution in [2.75, 3.05) is 6.54 Å². The number of nitrogens with two attached hydrogens (primary N) is 1. The lowest BCUT2D eigenvalue weighted by molar-refractivity contribution is -0.122. The summed E-state index contributed by atoms with van der Waals surface area (Å²) in [6, 6.07) is 5.31. The molecule has 1 atom stereocenters. The molecule has 0 spiro atoms. The van der Waals surface area contributed by atoms with Gasteiger partial charge in [0, 0.05) is 6.42 Å². The lowest BCUT2D eigenvalue weighted by Crippen LogP contribution is -2.28. The van der Waals surface area contributed by atoms with Gasteiger partial charge in [-0.25, -0.2) is 0 Å². The molecule has 1 amide bonds. The Morgan fingerprint density at radius 1 is 1.29 bits per heavy atom. The van der Waals surface area contributed by atoms with Crippen LogP contribution in [-0.2, 0) is 4.79 Å². The van der Waals surface area contributed by atoms with Gasteiger partial charge in [-0.3, -0.25) is 4.79 Å². The third-order valence-electron chi connectivity index (χ3n) is 3.67. The number of hydrogen-bond donors (Lipinski definition) is 2. The molecule has 0 saturated carbocycles. The minimum Gasteiger partial charge on any atom is -0.350 e. The summed E-state index contributed by atoms with van der Waals surface area (Å²) in [6.45, 7) is 6.85. The highest BCUT2D eigenvalue weighted by Crippen LogP contribution is 2.27. The van der Waals surface area contributed by atoms with Crippen LogP contribution in [0, 0.1) is 5.41 Å². The van der Waals surface area contributed by atoms with Crippen molar-refractivity contribution in [2.45, 2.75) is 46.1 Å². The molecule has 1 aromatic carbocycles. The van der Waals surface area contributed by atoms with E-state index < -0.39 is 0 Å². The zero-order chi connectivity index (χ0) is 16.0. The number of carbonyl (C=O) groups excluding carboxylic acids is 1. The molecule has 0 fully saturated rings. The average Bonchev–Trinajstić information content (AvgIpc) is 2.39. The van der Waals surface area contributed by atoms with Crippen LogP contribution in [0.4, 0.5) is 0 Å². The minimum absolute atomic E-state index is 0.0404. The van der Waals surface area contributed by atoms with Crippen LogP contribution in [0.25, 0.3) is 0 Å². The van der Waals surface area contributed by atoms with Gasteiger partial charge in [0.2, 0.25) is 5.91 Å². The van der Waals surface area contributed by atoms with Gasteiger partial charge in [-0.05, 0) is 49.4 Å². The van der Waals surface area contributed by atoms with Gasteiger partial charge in [-0.15, -0.1) is 0 Å². The van der Waals surface area contributed by atoms with E-state index in [-0.39, 0.29) is 17.4 Å². The first kappa shape index (κ1) is 18.3. The summed E-state index contributed by atoms with van der Waals surface area (Å²) in [5, 5.41) is 4.00. The fraction of sp³-hybridized carbons (Fsp3) is 0.562. The monoisotopic (exact) mass is 330 g/mol. The fourth-order valence-electron chi connectivity index (χ4n) is 2.15. The molecular weight excluding hydrogens is 307 g/mol. The predicted octanol–water partition coefficient (Wildman–Crippen LogP) is 4.33. The maximum Gasteiger partial charge on any atom is 0.220 e. The second kappa shape index (κ2) is 8.02. The molecule has 1 rings (SSSR count). The van der Waals surface area contributed by atoms with E-state index >= 15 is 0 Å². The average molecular weight is 331 g/mol. The van der Waals surface area contributed by atoms with Gasteiger partial charge in [-0.1, -0.05) is 43.1 Å². The van der Waals surface area contributed by atoms with Crippen LogP contribution >= 0.6 is 23.2 Å². The maximum atomic E-state index is 12.0. The van der Waals surface area contributed by atoms with E-state index in [9.17, 15) is 4.79 Å². The molecule has 3 nitrogen and oxygen atoms in total. The molecule has 0 saturated heterocycles. The highest BCUT2D eigenvalue weighted by molar-refractivity contribution is 6.42. The van der Waals surface area contributed by atoms with Gasteiger partial charge in [-0.2, -0.15) is 0 Å². The van der Waals surface area contributed by atoms with Gasteiger partial charge in [0.15, 0.2) is 0 Å². The van der Waals surface area contributed by atoms with Crippen molar-refractivity contribution in [3.05, 3.63) is 33.8 Å². The van der Waals surface area contributed by atoms with E-state index in [1.807, 2.05) is 13.0 Å². The Hall–Kier alpha value is -0.770. The van der Waals surface area contributed by atoms with Crippen LogP contribution in [0.3, 0.4) is 0 Å². The van der Waals surface area contributed by atoms with Crippen molar-refractivity contribution in [1.29, 1.82) is 0 Å². The highest BCUT2D eigenvalue weighted by atomic mass is 35.5. The first-order valence-electron chi connectivity index (χ1n) is 7.19. The van der Waals surface area contributed by atoms with Crippen molar-refractivity contribution in [2.24, 2.45) is 11.1 Å². The topological polar surface area (TPSA) is 55.1 Å². The van der Waals surface area contributed by atoms with E-state index in [4.69, 9.17) is 28.9 Å². The lowest BCUT2D eigenvalue weighted by Gasteiger charge is -2.24. The van der Waals surface area contributed by atoms with Crippen LogP contribution in [0.5, 0.6) is 0 Å². The molecule has 0 bridgehead atoms. The molecule has 0 aromatic heterocycles. The number of benzene rings is 1. The number of carbonyl (C=O) groups is 1. The van der Waals surface area contributed by atoms with Crippen molar-refractivity contribution in [3.8, 4) is 0 Å². The third-order valence-corrected chi connectivity index (χ3v) is 4.41. The Bertz CT molecular complexity index is 489. The quantitative estimate of drug-likeness (QED) is 0.781. The number of rotatable bonds is 7. The first-order valence-corrected chi connectivity index (χ1v) is 7.95. The van der Waals surface area contributed by atoms with E-state index in [1.165, 1.54) is 0 Å². The summed E-state index contributed by atoms with van der Waals surface area (Å²) in [5.74, 6) is 0.0404. The Balaban J connectivity index is 2.52. The maximum absolute atomic E-state index is 12.0. The molecule has 3 N–H and O–H groups in total. The predicted molar refractivity (Wildman–Crippen MR) is 89.7 cm³/mol. The zero-order valence-electron chi connectivity index (χ0n) is 12.9. The summed E-state index contributed by atoms with van der Waals surface area (Å²) < 4.78 is 0. The van der Waals surface area contributed by atoms with Crippen molar-refractivity contribution >= 4 is 29.1 Å². The number of amides is 1. The normalized spacial score (nSPS) is 13.0. The van der Waals surface area contributed by atoms with Gasteiger partial charge in [0.05, 0.1) is 16.1 Å². The van der Waals surface area contributed by atoms with Gasteiger partial charge < -0.3 is 11.1 Å². The van der Waals surface area contributed by atoms with Gasteiger partial charge in [0.1, 0.15) is 0 Å². The second-order valence-electron chi connectivity index (χ2n) is 6.17. The Labute approximate surface area is 137 Å². The van der Waals surface area contributed by atoms with Crippen LogP contribution in [0.2, 0.25) is 10.0 Å². The fourth-order valence-corrected chi connectivity index (χ4v) is 2.45. The summed E-state index contributed by atoms with van der Waals surface area (Å²) in [5.41, 5.74) is 6.62. The standard InChI is InChI=1S/C16H24Cl2N2O/c1-11(12-4-5-13(17)14(18)10-12)20-15(21)6-7-16(2,3)8-9-19/h4-5,10-11H,6-9,19H2,1-3H3,(H,20,21). The smallest absolute Gasteiger partial charge is 0.220 e. The molecule has 0 aliphatic heterocycles. The lowest BCUT2D eigenvalue weighted by atomic mass is 9.84. The highest BCUT2D eigenvalue weighted by Gasteiger charge is 2.19. The van der Waals surface area contributed by atoms with E-state index in [1.54, 1.807) is 12.1 Å². The zero-order valence-corrected chi connectivity index (χ0v) is 14.4. The molecule has 21 heavy (non-hydrogen) atoms. The SMILES string of the molecule is CC(NC(=O)CCC(C)(C)CCN)c1ccc(Cl)c(Cl)c1.